The number of hydrogen-bond acceptors (Lipinski definition) is 4. The van der Waals surface area contributed by atoms with Crippen LogP contribution in [0.15, 0.2) is 76.5 Å². The number of aromatic hydroxyl groups is 1. The van der Waals surface area contributed by atoms with Crippen LogP contribution in [0, 0.1) is 12.3 Å². The van der Waals surface area contributed by atoms with Crippen LogP contribution >= 0.6 is 11.8 Å². The average molecular weight is 592 g/mol. The molecule has 1 N–H and O–H groups in total. The van der Waals surface area contributed by atoms with Crippen molar-refractivity contribution in [2.45, 2.75) is 87.3 Å². The molecule has 43 heavy (non-hydrogen) atoms. The fourth-order valence-electron chi connectivity index (χ4n) is 8.70. The molecular weight excluding hydrogens is 547 g/mol. The molecule has 1 aliphatic heterocycles. The molecule has 0 aromatic heterocycles. The second kappa shape index (κ2) is 11.5. The first kappa shape index (κ1) is 28.8. The van der Waals surface area contributed by atoms with Crippen LogP contribution in [0.3, 0.4) is 0 Å². The first-order valence-electron chi connectivity index (χ1n) is 16.5. The summed E-state index contributed by atoms with van der Waals surface area (Å²) in [6.45, 7) is 10.1. The van der Waals surface area contributed by atoms with E-state index in [1.165, 1.54) is 100 Å². The number of aryl methyl sites for hydroxylation is 1. The molecule has 1 saturated heterocycles. The van der Waals surface area contributed by atoms with Gasteiger partial charge in [0.1, 0.15) is 5.75 Å². The van der Waals surface area contributed by atoms with Gasteiger partial charge in [-0.15, -0.1) is 0 Å². The van der Waals surface area contributed by atoms with Crippen molar-refractivity contribution in [3.05, 3.63) is 83.4 Å². The molecule has 0 bridgehead atoms. The third-order valence-electron chi connectivity index (χ3n) is 10.8. The summed E-state index contributed by atoms with van der Waals surface area (Å²) in [6.07, 6.45) is 10.1. The van der Waals surface area contributed by atoms with Crippen LogP contribution in [0.4, 0.5) is 5.69 Å². The monoisotopic (exact) mass is 591 g/mol. The number of fused-ring (bicyclic) bond motifs is 7. The lowest BCUT2D eigenvalue weighted by atomic mass is 9.58. The summed E-state index contributed by atoms with van der Waals surface area (Å²) in [5.41, 5.74) is 8.48. The molecule has 4 aromatic carbocycles. The summed E-state index contributed by atoms with van der Waals surface area (Å²) in [5.74, 6) is 0.418. The van der Waals surface area contributed by atoms with Crippen molar-refractivity contribution in [3.8, 4) is 16.9 Å². The van der Waals surface area contributed by atoms with Crippen LogP contribution < -0.4 is 4.90 Å². The molecule has 1 spiro atoms. The maximum absolute atomic E-state index is 11.8. The van der Waals surface area contributed by atoms with Crippen molar-refractivity contribution in [2.75, 3.05) is 31.2 Å². The van der Waals surface area contributed by atoms with E-state index in [-0.39, 0.29) is 5.41 Å². The van der Waals surface area contributed by atoms with E-state index < -0.39 is 0 Å². The fourth-order valence-corrected chi connectivity index (χ4v) is 9.79. The van der Waals surface area contributed by atoms with E-state index in [0.717, 1.165) is 31.7 Å². The Morgan fingerprint density at radius 1 is 0.791 bits per heavy atom. The number of phenols is 1. The van der Waals surface area contributed by atoms with Gasteiger partial charge in [-0.1, -0.05) is 80.9 Å². The third kappa shape index (κ3) is 4.86. The fraction of sp³-hybridized carbons (Fsp3) is 0.436. The number of ether oxygens (including phenoxy) is 1. The smallest absolute Gasteiger partial charge is 0.123 e. The molecule has 224 valence electrons. The molecule has 0 amide bonds. The van der Waals surface area contributed by atoms with Gasteiger partial charge in [0.05, 0.1) is 18.9 Å². The van der Waals surface area contributed by atoms with Gasteiger partial charge >= 0.3 is 0 Å². The van der Waals surface area contributed by atoms with E-state index in [0.29, 0.717) is 11.2 Å². The second-order valence-corrected chi connectivity index (χ2v) is 14.4. The zero-order valence-electron chi connectivity index (χ0n) is 26.0. The van der Waals surface area contributed by atoms with Crippen LogP contribution in [0.2, 0.25) is 0 Å². The summed E-state index contributed by atoms with van der Waals surface area (Å²) in [4.78, 5) is 4.97. The highest BCUT2D eigenvalue weighted by atomic mass is 32.2. The molecular formula is C39H45NO2S. The molecule has 3 nitrogen and oxygen atoms in total. The number of phenolic OH excluding ortho intramolecular Hbond substituents is 1. The van der Waals surface area contributed by atoms with Gasteiger partial charge in [0.15, 0.2) is 0 Å². The number of benzene rings is 4. The molecule has 3 aliphatic rings. The number of morpholine rings is 1. The van der Waals surface area contributed by atoms with Crippen molar-refractivity contribution in [1.29, 1.82) is 0 Å². The standard InChI is InChI=1S/C39H45NO2S/c1-4-14-38(15-5-2)16-18-39(19-17-38)31-12-8-7-11-28(31)37-30-25-36(43-35-13-9-6-10-27(35)3)33(40-20-22-42-23-21-40)24-29(30)34(41)26-32(37)39/h6-13,24-26,41H,4-5,14-23H2,1-3H3. The predicted molar refractivity (Wildman–Crippen MR) is 181 cm³/mol. The van der Waals surface area contributed by atoms with Crippen LogP contribution in [0.5, 0.6) is 5.75 Å². The predicted octanol–water partition coefficient (Wildman–Crippen LogP) is 10.3. The molecule has 0 radical (unpaired) electrons. The average Bonchev–Trinajstić information content (AvgIpc) is 3.29. The van der Waals surface area contributed by atoms with Gasteiger partial charge in [0, 0.05) is 33.7 Å². The maximum Gasteiger partial charge on any atom is 0.123 e. The minimum atomic E-state index is -0.0191. The zero-order chi connectivity index (χ0) is 29.6. The van der Waals surface area contributed by atoms with Gasteiger partial charge in [-0.25, -0.2) is 0 Å². The number of hydrogen-bond donors (Lipinski definition) is 1. The molecule has 4 aromatic rings. The van der Waals surface area contributed by atoms with E-state index in [1.807, 2.05) is 11.8 Å². The van der Waals surface area contributed by atoms with Crippen molar-refractivity contribution in [3.63, 3.8) is 0 Å². The van der Waals surface area contributed by atoms with E-state index in [2.05, 4.69) is 92.4 Å². The Bertz CT molecular complexity index is 1640. The SMILES string of the molecule is CCCC1(CCC)CCC2(CC1)c1ccccc1-c1c2cc(O)c2cc(N3CCOCC3)c(Sc3ccccc3C)cc12. The van der Waals surface area contributed by atoms with Crippen molar-refractivity contribution in [1.82, 2.24) is 0 Å². The van der Waals surface area contributed by atoms with Crippen LogP contribution in [-0.2, 0) is 10.2 Å². The Hall–Kier alpha value is -2.95. The van der Waals surface area contributed by atoms with Crippen molar-refractivity contribution >= 4 is 28.2 Å². The molecule has 4 heteroatoms. The summed E-state index contributed by atoms with van der Waals surface area (Å²) >= 11 is 1.86. The minimum Gasteiger partial charge on any atom is -0.507 e. The molecule has 7 rings (SSSR count). The first-order chi connectivity index (χ1) is 21.0. The second-order valence-electron chi connectivity index (χ2n) is 13.3. The maximum atomic E-state index is 11.8. The normalized spacial score (nSPS) is 18.6. The highest BCUT2D eigenvalue weighted by Crippen LogP contribution is 2.62. The van der Waals surface area contributed by atoms with E-state index in [4.69, 9.17) is 4.74 Å². The summed E-state index contributed by atoms with van der Waals surface area (Å²) in [6, 6.07) is 24.6. The topological polar surface area (TPSA) is 32.7 Å². The lowest BCUT2D eigenvalue weighted by Gasteiger charge is -2.46. The lowest BCUT2D eigenvalue weighted by Crippen LogP contribution is -2.37. The zero-order valence-corrected chi connectivity index (χ0v) is 26.9. The molecule has 0 atom stereocenters. The van der Waals surface area contributed by atoms with E-state index in [9.17, 15) is 5.11 Å². The Kier molecular flexibility index (Phi) is 7.72. The van der Waals surface area contributed by atoms with Gasteiger partial charge in [-0.05, 0) is 108 Å². The Balaban J connectivity index is 1.41. The number of nitrogens with zero attached hydrogens (tertiary/aromatic N) is 1. The minimum absolute atomic E-state index is 0.0191. The molecule has 1 heterocycles. The van der Waals surface area contributed by atoms with Gasteiger partial charge in [-0.3, -0.25) is 0 Å². The molecule has 0 unspecified atom stereocenters. The summed E-state index contributed by atoms with van der Waals surface area (Å²) < 4.78 is 5.72. The highest BCUT2D eigenvalue weighted by molar-refractivity contribution is 7.99. The molecule has 2 fully saturated rings. The van der Waals surface area contributed by atoms with E-state index >= 15 is 0 Å². The van der Waals surface area contributed by atoms with Crippen molar-refractivity contribution < 1.29 is 9.84 Å². The third-order valence-corrected chi connectivity index (χ3v) is 12.0. The van der Waals surface area contributed by atoms with E-state index in [1.54, 1.807) is 0 Å². The highest BCUT2D eigenvalue weighted by Gasteiger charge is 2.49. The Labute approximate surface area is 261 Å². The largest absolute Gasteiger partial charge is 0.507 e. The lowest BCUT2D eigenvalue weighted by molar-refractivity contribution is 0.119. The first-order valence-corrected chi connectivity index (χ1v) is 17.3. The van der Waals surface area contributed by atoms with Gasteiger partial charge in [0.2, 0.25) is 0 Å². The summed E-state index contributed by atoms with van der Waals surface area (Å²) in [7, 11) is 0. The Morgan fingerprint density at radius 3 is 2.21 bits per heavy atom. The molecule has 2 aliphatic carbocycles. The Morgan fingerprint density at radius 2 is 1.49 bits per heavy atom. The van der Waals surface area contributed by atoms with Gasteiger partial charge < -0.3 is 14.7 Å². The van der Waals surface area contributed by atoms with Crippen molar-refractivity contribution in [2.24, 2.45) is 5.41 Å². The molecule has 1 saturated carbocycles. The summed E-state index contributed by atoms with van der Waals surface area (Å²) in [5, 5.41) is 13.9. The van der Waals surface area contributed by atoms with Gasteiger partial charge in [0.25, 0.3) is 0 Å². The van der Waals surface area contributed by atoms with Crippen LogP contribution in [0.25, 0.3) is 21.9 Å². The van der Waals surface area contributed by atoms with Gasteiger partial charge in [-0.2, -0.15) is 0 Å². The van der Waals surface area contributed by atoms with Crippen LogP contribution in [0.1, 0.15) is 81.9 Å². The number of anilines is 1. The number of rotatable bonds is 7. The quantitative estimate of drug-likeness (QED) is 0.232. The van der Waals surface area contributed by atoms with Crippen LogP contribution in [-0.4, -0.2) is 31.4 Å².